The number of fused-ring (bicyclic) bond motifs is 2. The van der Waals surface area contributed by atoms with Gasteiger partial charge in [-0.25, -0.2) is 4.98 Å². The number of hydrogen-bond donors (Lipinski definition) is 0. The van der Waals surface area contributed by atoms with E-state index in [-0.39, 0.29) is 12.4 Å². The maximum absolute atomic E-state index is 6.06. The Bertz CT molecular complexity index is 977. The first-order valence-corrected chi connectivity index (χ1v) is 10.9. The highest BCUT2D eigenvalue weighted by atomic mass is 35.5. The van der Waals surface area contributed by atoms with Crippen LogP contribution in [0.4, 0.5) is 0 Å². The minimum Gasteiger partial charge on any atom is -0.493 e. The molecule has 0 amide bonds. The number of benzene rings is 2. The molecule has 1 aliphatic heterocycles. The number of aryl methyl sites for hydroxylation is 1. The number of ether oxygens (including phenoxy) is 2. The van der Waals surface area contributed by atoms with Crippen LogP contribution >= 0.6 is 35.3 Å². The quantitative estimate of drug-likeness (QED) is 0.426. The third kappa shape index (κ3) is 5.15. The van der Waals surface area contributed by atoms with E-state index >= 15 is 0 Å². The minimum absolute atomic E-state index is 0. The van der Waals surface area contributed by atoms with Crippen molar-refractivity contribution in [3.63, 3.8) is 0 Å². The SMILES string of the molecule is COc1cc2c(cc1OC)CN(CCCCc1nc3cc(Cl)ccc3s1)CC2.Cl. The monoisotopic (exact) mass is 452 g/mol. The zero-order valence-electron chi connectivity index (χ0n) is 16.7. The number of thiazole rings is 1. The van der Waals surface area contributed by atoms with Crippen molar-refractivity contribution in [1.82, 2.24) is 9.88 Å². The molecule has 0 fully saturated rings. The van der Waals surface area contributed by atoms with Crippen LogP contribution in [-0.2, 0) is 19.4 Å². The zero-order chi connectivity index (χ0) is 19.5. The normalized spacial score (nSPS) is 13.8. The zero-order valence-corrected chi connectivity index (χ0v) is 19.1. The van der Waals surface area contributed by atoms with E-state index < -0.39 is 0 Å². The molecule has 0 unspecified atom stereocenters. The lowest BCUT2D eigenvalue weighted by Gasteiger charge is -2.29. The summed E-state index contributed by atoms with van der Waals surface area (Å²) in [5.41, 5.74) is 3.75. The fourth-order valence-corrected chi connectivity index (χ4v) is 4.96. The van der Waals surface area contributed by atoms with Crippen LogP contribution in [0.3, 0.4) is 0 Å². The fourth-order valence-electron chi connectivity index (χ4n) is 3.80. The Morgan fingerprint density at radius 1 is 1.07 bits per heavy atom. The Balaban J connectivity index is 0.00000240. The van der Waals surface area contributed by atoms with E-state index in [1.807, 2.05) is 12.1 Å². The molecule has 0 bridgehead atoms. The van der Waals surface area contributed by atoms with Crippen molar-refractivity contribution < 1.29 is 9.47 Å². The molecule has 0 N–H and O–H groups in total. The predicted molar refractivity (Wildman–Crippen MR) is 123 cm³/mol. The van der Waals surface area contributed by atoms with E-state index in [9.17, 15) is 0 Å². The van der Waals surface area contributed by atoms with Crippen LogP contribution in [0.1, 0.15) is 29.0 Å². The van der Waals surface area contributed by atoms with Crippen molar-refractivity contribution >= 4 is 45.6 Å². The lowest BCUT2D eigenvalue weighted by molar-refractivity contribution is 0.247. The highest BCUT2D eigenvalue weighted by Crippen LogP contribution is 2.33. The lowest BCUT2D eigenvalue weighted by Crippen LogP contribution is -2.31. The number of aromatic nitrogens is 1. The lowest BCUT2D eigenvalue weighted by atomic mass is 9.98. The molecule has 3 aromatic rings. The highest BCUT2D eigenvalue weighted by Gasteiger charge is 2.19. The largest absolute Gasteiger partial charge is 0.493 e. The summed E-state index contributed by atoms with van der Waals surface area (Å²) >= 11 is 7.84. The molecule has 156 valence electrons. The molecule has 0 saturated heterocycles. The molecule has 1 aromatic heterocycles. The topological polar surface area (TPSA) is 34.6 Å². The molecule has 0 radical (unpaired) electrons. The molecular weight excluding hydrogens is 427 g/mol. The minimum atomic E-state index is 0. The maximum atomic E-state index is 6.06. The van der Waals surface area contributed by atoms with Crippen LogP contribution in [-0.4, -0.2) is 37.2 Å². The number of hydrogen-bond acceptors (Lipinski definition) is 5. The van der Waals surface area contributed by atoms with Gasteiger partial charge < -0.3 is 9.47 Å². The van der Waals surface area contributed by atoms with E-state index in [2.05, 4.69) is 23.1 Å². The second-order valence-electron chi connectivity index (χ2n) is 7.18. The van der Waals surface area contributed by atoms with Gasteiger partial charge >= 0.3 is 0 Å². The Morgan fingerprint density at radius 2 is 1.83 bits per heavy atom. The third-order valence-electron chi connectivity index (χ3n) is 5.31. The summed E-state index contributed by atoms with van der Waals surface area (Å²) in [5.74, 6) is 1.64. The van der Waals surface area contributed by atoms with Gasteiger partial charge in [-0.1, -0.05) is 11.6 Å². The molecular formula is C22H26Cl2N2O2S. The molecule has 0 atom stereocenters. The van der Waals surface area contributed by atoms with Crippen LogP contribution < -0.4 is 9.47 Å². The van der Waals surface area contributed by atoms with Gasteiger partial charge in [0.15, 0.2) is 11.5 Å². The Morgan fingerprint density at radius 3 is 2.59 bits per heavy atom. The average molecular weight is 453 g/mol. The number of rotatable bonds is 7. The van der Waals surface area contributed by atoms with Gasteiger partial charge in [0.05, 0.1) is 29.4 Å². The molecule has 29 heavy (non-hydrogen) atoms. The van der Waals surface area contributed by atoms with Crippen molar-refractivity contribution in [3.8, 4) is 11.5 Å². The van der Waals surface area contributed by atoms with Gasteiger partial charge in [0.2, 0.25) is 0 Å². The molecule has 2 heterocycles. The molecule has 7 heteroatoms. The van der Waals surface area contributed by atoms with Crippen molar-refractivity contribution in [2.45, 2.75) is 32.2 Å². The molecule has 2 aromatic carbocycles. The smallest absolute Gasteiger partial charge is 0.161 e. The molecule has 4 rings (SSSR count). The first-order chi connectivity index (χ1) is 13.7. The number of halogens is 2. The summed E-state index contributed by atoms with van der Waals surface area (Å²) in [5, 5.41) is 1.96. The summed E-state index contributed by atoms with van der Waals surface area (Å²) < 4.78 is 12.1. The van der Waals surface area contributed by atoms with Gasteiger partial charge in [-0.2, -0.15) is 0 Å². The fraction of sp³-hybridized carbons (Fsp3) is 0.409. The third-order valence-corrected chi connectivity index (χ3v) is 6.64. The van der Waals surface area contributed by atoms with Gasteiger partial charge in [0, 0.05) is 18.1 Å². The predicted octanol–water partition coefficient (Wildman–Crippen LogP) is 5.77. The molecule has 4 nitrogen and oxygen atoms in total. The van der Waals surface area contributed by atoms with E-state index in [1.54, 1.807) is 25.6 Å². The summed E-state index contributed by atoms with van der Waals surface area (Å²) in [6.07, 6.45) is 4.43. The van der Waals surface area contributed by atoms with Crippen molar-refractivity contribution in [3.05, 3.63) is 51.5 Å². The van der Waals surface area contributed by atoms with Crippen LogP contribution in [0, 0.1) is 0 Å². The summed E-state index contributed by atoms with van der Waals surface area (Å²) in [6, 6.07) is 10.2. The number of methoxy groups -OCH3 is 2. The van der Waals surface area contributed by atoms with Gasteiger partial charge in [-0.3, -0.25) is 4.90 Å². The van der Waals surface area contributed by atoms with Crippen LogP contribution in [0.5, 0.6) is 11.5 Å². The van der Waals surface area contributed by atoms with Crippen LogP contribution in [0.15, 0.2) is 30.3 Å². The molecule has 0 aliphatic carbocycles. The van der Waals surface area contributed by atoms with E-state index in [4.69, 9.17) is 26.1 Å². The van der Waals surface area contributed by atoms with Gasteiger partial charge in [0.25, 0.3) is 0 Å². The summed E-state index contributed by atoms with van der Waals surface area (Å²) in [7, 11) is 3.39. The van der Waals surface area contributed by atoms with Crippen molar-refractivity contribution in [2.24, 2.45) is 0 Å². The second-order valence-corrected chi connectivity index (χ2v) is 8.73. The highest BCUT2D eigenvalue weighted by molar-refractivity contribution is 7.18. The number of unbranched alkanes of at least 4 members (excludes halogenated alkanes) is 1. The maximum Gasteiger partial charge on any atom is 0.161 e. The molecule has 0 spiro atoms. The van der Waals surface area contributed by atoms with Crippen LogP contribution in [0.2, 0.25) is 5.02 Å². The van der Waals surface area contributed by atoms with Crippen LogP contribution in [0.25, 0.3) is 10.2 Å². The average Bonchev–Trinajstić information content (AvgIpc) is 3.11. The van der Waals surface area contributed by atoms with Gasteiger partial charge in [-0.15, -0.1) is 23.7 Å². The van der Waals surface area contributed by atoms with Crippen molar-refractivity contribution in [2.75, 3.05) is 27.3 Å². The van der Waals surface area contributed by atoms with Gasteiger partial charge in [-0.05, 0) is 73.7 Å². The second kappa shape index (κ2) is 9.98. The number of nitrogens with zero attached hydrogens (tertiary/aromatic N) is 2. The van der Waals surface area contributed by atoms with E-state index in [0.717, 1.165) is 60.9 Å². The Labute approximate surface area is 187 Å². The standard InChI is InChI=1S/C22H25ClN2O2S.ClH/c1-26-19-11-15-8-10-25(14-16(15)12-20(19)27-2)9-4-3-5-22-24-18-13-17(23)6-7-21(18)28-22;/h6-7,11-13H,3-5,8-10,14H2,1-2H3;1H. The van der Waals surface area contributed by atoms with Crippen molar-refractivity contribution in [1.29, 1.82) is 0 Å². The molecule has 1 aliphatic rings. The first-order valence-electron chi connectivity index (χ1n) is 9.67. The molecule has 0 saturated carbocycles. The van der Waals surface area contributed by atoms with E-state index in [0.29, 0.717) is 0 Å². The summed E-state index contributed by atoms with van der Waals surface area (Å²) in [4.78, 5) is 7.25. The Kier molecular flexibility index (Phi) is 7.63. The first kappa shape index (κ1) is 22.2. The summed E-state index contributed by atoms with van der Waals surface area (Å²) in [6.45, 7) is 3.20. The Hall–Kier alpha value is -1.53. The van der Waals surface area contributed by atoms with Gasteiger partial charge in [0.1, 0.15) is 0 Å². The van der Waals surface area contributed by atoms with E-state index in [1.165, 1.54) is 27.3 Å².